The highest BCUT2D eigenvalue weighted by Crippen LogP contribution is 2.48. The number of benzene rings is 3. The quantitative estimate of drug-likeness (QED) is 0.395. The number of halogens is 3. The van der Waals surface area contributed by atoms with Crippen LogP contribution in [-0.2, 0) is 0 Å². The van der Waals surface area contributed by atoms with Crippen molar-refractivity contribution in [1.29, 1.82) is 0 Å². The van der Waals surface area contributed by atoms with Gasteiger partial charge in [0.1, 0.15) is 11.6 Å². The number of rotatable bonds is 2. The van der Waals surface area contributed by atoms with Crippen molar-refractivity contribution in [3.8, 4) is 5.75 Å². The standard InChI is InChI=1S/C22H15Br2FN2O/c23-15-5-1-14(2-6-15)22-27-20(18-11-16(24)7-10-21(18)28-22)12-19(26-27)13-3-8-17(25)9-4-13/h1-11,20,22H,12H2/t20-,22+/m1/s1. The van der Waals surface area contributed by atoms with Gasteiger partial charge in [-0.1, -0.05) is 56.1 Å². The summed E-state index contributed by atoms with van der Waals surface area (Å²) < 4.78 is 21.7. The average molecular weight is 502 g/mol. The van der Waals surface area contributed by atoms with Crippen LogP contribution in [0.1, 0.15) is 35.4 Å². The Morgan fingerprint density at radius 3 is 2.39 bits per heavy atom. The van der Waals surface area contributed by atoms with Crippen LogP contribution in [0.3, 0.4) is 0 Å². The van der Waals surface area contributed by atoms with E-state index in [4.69, 9.17) is 9.84 Å². The number of hydrogen-bond donors (Lipinski definition) is 0. The van der Waals surface area contributed by atoms with Crippen LogP contribution in [0, 0.1) is 5.82 Å². The Hall–Kier alpha value is -2.18. The van der Waals surface area contributed by atoms with Crippen molar-refractivity contribution >= 4 is 37.6 Å². The van der Waals surface area contributed by atoms with E-state index in [9.17, 15) is 4.39 Å². The molecule has 3 aromatic rings. The topological polar surface area (TPSA) is 24.8 Å². The molecular weight excluding hydrogens is 487 g/mol. The largest absolute Gasteiger partial charge is 0.464 e. The van der Waals surface area contributed by atoms with Gasteiger partial charge >= 0.3 is 0 Å². The molecule has 0 saturated carbocycles. The molecule has 140 valence electrons. The fraction of sp³-hybridized carbons (Fsp3) is 0.136. The third-order valence-corrected chi connectivity index (χ3v) is 6.11. The molecule has 0 radical (unpaired) electrons. The number of nitrogens with zero attached hydrogens (tertiary/aromatic N) is 2. The zero-order valence-corrected chi connectivity index (χ0v) is 17.8. The Bertz CT molecular complexity index is 1070. The van der Waals surface area contributed by atoms with Crippen LogP contribution in [0.15, 0.2) is 80.8 Å². The highest BCUT2D eigenvalue weighted by Gasteiger charge is 2.41. The summed E-state index contributed by atoms with van der Waals surface area (Å²) in [6.45, 7) is 0. The minimum absolute atomic E-state index is 0.0648. The predicted molar refractivity (Wildman–Crippen MR) is 114 cm³/mol. The summed E-state index contributed by atoms with van der Waals surface area (Å²) in [5.41, 5.74) is 4.00. The molecule has 0 saturated heterocycles. The summed E-state index contributed by atoms with van der Waals surface area (Å²) in [4.78, 5) is 0. The molecule has 2 atom stereocenters. The van der Waals surface area contributed by atoms with Gasteiger partial charge in [-0.25, -0.2) is 9.40 Å². The molecule has 0 amide bonds. The molecule has 0 spiro atoms. The summed E-state index contributed by atoms with van der Waals surface area (Å²) >= 11 is 7.05. The van der Waals surface area contributed by atoms with Crippen molar-refractivity contribution in [3.05, 3.63) is 98.2 Å². The van der Waals surface area contributed by atoms with Crippen molar-refractivity contribution in [2.45, 2.75) is 18.7 Å². The lowest BCUT2D eigenvalue weighted by atomic mass is 9.96. The maximum Gasteiger partial charge on any atom is 0.213 e. The van der Waals surface area contributed by atoms with Gasteiger partial charge in [0, 0.05) is 26.5 Å². The Balaban J connectivity index is 1.59. The van der Waals surface area contributed by atoms with Crippen LogP contribution in [0.25, 0.3) is 0 Å². The molecule has 0 unspecified atom stereocenters. The molecule has 0 N–H and O–H groups in total. The number of hydrogen-bond acceptors (Lipinski definition) is 3. The fourth-order valence-electron chi connectivity index (χ4n) is 3.72. The third-order valence-electron chi connectivity index (χ3n) is 5.08. The van der Waals surface area contributed by atoms with E-state index in [0.29, 0.717) is 0 Å². The van der Waals surface area contributed by atoms with Crippen molar-refractivity contribution < 1.29 is 9.13 Å². The Morgan fingerprint density at radius 1 is 0.929 bits per heavy atom. The van der Waals surface area contributed by atoms with E-state index in [1.165, 1.54) is 12.1 Å². The smallest absolute Gasteiger partial charge is 0.213 e. The zero-order valence-electron chi connectivity index (χ0n) is 14.6. The van der Waals surface area contributed by atoms with E-state index in [0.717, 1.165) is 43.5 Å². The number of fused-ring (bicyclic) bond motifs is 3. The van der Waals surface area contributed by atoms with E-state index in [1.807, 2.05) is 41.4 Å². The molecule has 3 nitrogen and oxygen atoms in total. The maximum absolute atomic E-state index is 13.3. The second-order valence-electron chi connectivity index (χ2n) is 6.86. The van der Waals surface area contributed by atoms with Crippen molar-refractivity contribution in [3.63, 3.8) is 0 Å². The van der Waals surface area contributed by atoms with Crippen molar-refractivity contribution in [1.82, 2.24) is 5.01 Å². The first-order valence-corrected chi connectivity index (χ1v) is 10.5. The highest BCUT2D eigenvalue weighted by atomic mass is 79.9. The summed E-state index contributed by atoms with van der Waals surface area (Å²) in [5, 5.41) is 6.92. The van der Waals surface area contributed by atoms with Crippen LogP contribution >= 0.6 is 31.9 Å². The Labute approximate surface area is 179 Å². The van der Waals surface area contributed by atoms with E-state index in [1.54, 1.807) is 12.1 Å². The van der Waals surface area contributed by atoms with Crippen molar-refractivity contribution in [2.24, 2.45) is 5.10 Å². The fourth-order valence-corrected chi connectivity index (χ4v) is 4.37. The van der Waals surface area contributed by atoms with E-state index >= 15 is 0 Å². The molecule has 0 bridgehead atoms. The summed E-state index contributed by atoms with van der Waals surface area (Å²) in [6, 6.07) is 20.8. The van der Waals surface area contributed by atoms with Crippen LogP contribution in [-0.4, -0.2) is 10.7 Å². The summed E-state index contributed by atoms with van der Waals surface area (Å²) in [5.74, 6) is 0.623. The molecule has 2 heterocycles. The van der Waals surface area contributed by atoms with Gasteiger partial charge in [-0.3, -0.25) is 0 Å². The predicted octanol–water partition coefficient (Wildman–Crippen LogP) is 6.59. The zero-order chi connectivity index (χ0) is 19.3. The molecule has 0 aromatic heterocycles. The van der Waals surface area contributed by atoms with Gasteiger partial charge in [-0.05, 0) is 48.0 Å². The molecule has 5 rings (SSSR count). The lowest BCUT2D eigenvalue weighted by Crippen LogP contribution is -2.33. The molecule has 3 aromatic carbocycles. The van der Waals surface area contributed by atoms with E-state index in [2.05, 4.69) is 37.9 Å². The Morgan fingerprint density at radius 2 is 1.64 bits per heavy atom. The molecular formula is C22H15Br2FN2O. The summed E-state index contributed by atoms with van der Waals surface area (Å²) in [6.07, 6.45) is 0.426. The normalized spacial score (nSPS) is 20.2. The lowest BCUT2D eigenvalue weighted by Gasteiger charge is -2.38. The molecule has 28 heavy (non-hydrogen) atoms. The van der Waals surface area contributed by atoms with Gasteiger partial charge in [-0.2, -0.15) is 5.10 Å². The van der Waals surface area contributed by atoms with Crippen LogP contribution in [0.2, 0.25) is 0 Å². The SMILES string of the molecule is Fc1ccc(C2=NN3[C@H](C2)c2cc(Br)ccc2O[C@H]3c2ccc(Br)cc2)cc1. The van der Waals surface area contributed by atoms with Crippen molar-refractivity contribution in [2.75, 3.05) is 0 Å². The van der Waals surface area contributed by atoms with Gasteiger partial charge in [-0.15, -0.1) is 0 Å². The van der Waals surface area contributed by atoms with Gasteiger partial charge < -0.3 is 4.74 Å². The van der Waals surface area contributed by atoms with Crippen LogP contribution < -0.4 is 4.74 Å². The third kappa shape index (κ3) is 3.14. The highest BCUT2D eigenvalue weighted by molar-refractivity contribution is 9.10. The first kappa shape index (κ1) is 17.9. The lowest BCUT2D eigenvalue weighted by molar-refractivity contribution is -0.0190. The Kier molecular flexibility index (Phi) is 4.48. The first-order valence-electron chi connectivity index (χ1n) is 8.92. The van der Waals surface area contributed by atoms with Gasteiger partial charge in [0.15, 0.2) is 0 Å². The number of hydrazone groups is 1. The van der Waals surface area contributed by atoms with Gasteiger partial charge in [0.05, 0.1) is 11.8 Å². The van der Waals surface area contributed by atoms with E-state index in [-0.39, 0.29) is 18.1 Å². The monoisotopic (exact) mass is 500 g/mol. The minimum Gasteiger partial charge on any atom is -0.464 e. The second-order valence-corrected chi connectivity index (χ2v) is 8.69. The second kappa shape index (κ2) is 7.01. The number of ether oxygens (including phenoxy) is 1. The molecule has 0 fully saturated rings. The molecule has 2 aliphatic heterocycles. The minimum atomic E-state index is -0.315. The average Bonchev–Trinajstić information content (AvgIpc) is 3.14. The summed E-state index contributed by atoms with van der Waals surface area (Å²) in [7, 11) is 0. The maximum atomic E-state index is 13.3. The molecule has 0 aliphatic carbocycles. The van der Waals surface area contributed by atoms with E-state index < -0.39 is 0 Å². The molecule has 6 heteroatoms. The molecule has 2 aliphatic rings. The van der Waals surface area contributed by atoms with Crippen LogP contribution in [0.4, 0.5) is 4.39 Å². The first-order chi connectivity index (χ1) is 13.6. The van der Waals surface area contributed by atoms with Gasteiger partial charge in [0.2, 0.25) is 6.23 Å². The van der Waals surface area contributed by atoms with Crippen LogP contribution in [0.5, 0.6) is 5.75 Å². The van der Waals surface area contributed by atoms with Gasteiger partial charge in [0.25, 0.3) is 0 Å².